The summed E-state index contributed by atoms with van der Waals surface area (Å²) in [4.78, 5) is 0. The van der Waals surface area contributed by atoms with Gasteiger partial charge in [-0.3, -0.25) is 4.68 Å². The fraction of sp³-hybridized carbons (Fsp3) is 0.357. The molecule has 0 saturated heterocycles. The van der Waals surface area contributed by atoms with Gasteiger partial charge in [-0.05, 0) is 38.1 Å². The zero-order chi connectivity index (χ0) is 13.1. The van der Waals surface area contributed by atoms with Gasteiger partial charge in [0, 0.05) is 30.5 Å². The number of nitrogens with zero attached hydrogens (tertiary/aromatic N) is 2. The molecule has 0 fully saturated rings. The smallest absolute Gasteiger partial charge is 0.119 e. The minimum atomic E-state index is 0.790. The van der Waals surface area contributed by atoms with Crippen molar-refractivity contribution >= 4 is 5.69 Å². The molecule has 1 aromatic carbocycles. The van der Waals surface area contributed by atoms with Gasteiger partial charge >= 0.3 is 0 Å². The van der Waals surface area contributed by atoms with Crippen LogP contribution >= 0.6 is 0 Å². The Hall–Kier alpha value is -1.97. The topological polar surface area (TPSA) is 39.1 Å². The lowest BCUT2D eigenvalue weighted by molar-refractivity contribution is 0.415. The van der Waals surface area contributed by atoms with Gasteiger partial charge in [0.15, 0.2) is 0 Å². The standard InChI is InChI=1S/C14H19N3O/c1-10-14(11(2)17(3)16-10)9-15-12-5-7-13(18-4)8-6-12/h5-8,15H,9H2,1-4H3. The number of aryl methyl sites for hydroxylation is 2. The zero-order valence-corrected chi connectivity index (χ0v) is 11.3. The van der Waals surface area contributed by atoms with Crippen molar-refractivity contribution in [3.8, 4) is 5.75 Å². The van der Waals surface area contributed by atoms with Gasteiger partial charge in [0.25, 0.3) is 0 Å². The van der Waals surface area contributed by atoms with Crippen LogP contribution in [0.2, 0.25) is 0 Å². The first-order valence-corrected chi connectivity index (χ1v) is 5.99. The van der Waals surface area contributed by atoms with E-state index in [0.717, 1.165) is 23.7 Å². The summed E-state index contributed by atoms with van der Waals surface area (Å²) in [6, 6.07) is 7.93. The van der Waals surface area contributed by atoms with Crippen LogP contribution in [0.25, 0.3) is 0 Å². The maximum absolute atomic E-state index is 5.13. The van der Waals surface area contributed by atoms with Gasteiger partial charge in [0.2, 0.25) is 0 Å². The lowest BCUT2D eigenvalue weighted by Crippen LogP contribution is -2.02. The van der Waals surface area contributed by atoms with Crippen LogP contribution in [-0.2, 0) is 13.6 Å². The highest BCUT2D eigenvalue weighted by molar-refractivity contribution is 5.47. The van der Waals surface area contributed by atoms with E-state index in [0.29, 0.717) is 0 Å². The minimum Gasteiger partial charge on any atom is -0.497 e. The first kappa shape index (κ1) is 12.5. The molecule has 2 rings (SSSR count). The maximum atomic E-state index is 5.13. The Morgan fingerprint density at radius 3 is 2.39 bits per heavy atom. The van der Waals surface area contributed by atoms with Crippen molar-refractivity contribution in [3.63, 3.8) is 0 Å². The number of nitrogens with one attached hydrogen (secondary N) is 1. The van der Waals surface area contributed by atoms with E-state index in [4.69, 9.17) is 4.74 Å². The van der Waals surface area contributed by atoms with E-state index >= 15 is 0 Å². The van der Waals surface area contributed by atoms with E-state index in [9.17, 15) is 0 Å². The molecule has 1 N–H and O–H groups in total. The number of hydrogen-bond acceptors (Lipinski definition) is 3. The largest absolute Gasteiger partial charge is 0.497 e. The molecule has 0 atom stereocenters. The number of aromatic nitrogens is 2. The second-order valence-electron chi connectivity index (χ2n) is 4.36. The van der Waals surface area contributed by atoms with E-state index in [-0.39, 0.29) is 0 Å². The summed E-state index contributed by atoms with van der Waals surface area (Å²) in [6.45, 7) is 4.92. The van der Waals surface area contributed by atoms with Gasteiger partial charge in [-0.1, -0.05) is 0 Å². The third-order valence-corrected chi connectivity index (χ3v) is 3.22. The molecular formula is C14H19N3O. The lowest BCUT2D eigenvalue weighted by atomic mass is 10.2. The number of benzene rings is 1. The molecule has 0 saturated carbocycles. The Balaban J connectivity index is 2.06. The quantitative estimate of drug-likeness (QED) is 0.900. The van der Waals surface area contributed by atoms with Crippen molar-refractivity contribution in [1.82, 2.24) is 9.78 Å². The molecule has 96 valence electrons. The Morgan fingerprint density at radius 2 is 1.89 bits per heavy atom. The van der Waals surface area contributed by atoms with Crippen molar-refractivity contribution in [1.29, 1.82) is 0 Å². The van der Waals surface area contributed by atoms with E-state index in [2.05, 4.69) is 17.3 Å². The Morgan fingerprint density at radius 1 is 1.22 bits per heavy atom. The second kappa shape index (κ2) is 5.12. The van der Waals surface area contributed by atoms with Crippen LogP contribution in [-0.4, -0.2) is 16.9 Å². The van der Waals surface area contributed by atoms with E-state index in [1.807, 2.05) is 42.9 Å². The van der Waals surface area contributed by atoms with Gasteiger partial charge in [0.1, 0.15) is 5.75 Å². The van der Waals surface area contributed by atoms with Crippen molar-refractivity contribution in [3.05, 3.63) is 41.2 Å². The lowest BCUT2D eigenvalue weighted by Gasteiger charge is -2.07. The molecule has 1 aromatic heterocycles. The van der Waals surface area contributed by atoms with Crippen LogP contribution in [0.1, 0.15) is 17.0 Å². The summed E-state index contributed by atoms with van der Waals surface area (Å²) in [6.07, 6.45) is 0. The van der Waals surface area contributed by atoms with E-state index < -0.39 is 0 Å². The van der Waals surface area contributed by atoms with Gasteiger partial charge in [-0.2, -0.15) is 5.10 Å². The molecule has 0 amide bonds. The van der Waals surface area contributed by atoms with Crippen LogP contribution < -0.4 is 10.1 Å². The average Bonchev–Trinajstić information content (AvgIpc) is 2.62. The number of hydrogen-bond donors (Lipinski definition) is 1. The molecule has 0 aliphatic heterocycles. The van der Waals surface area contributed by atoms with Crippen LogP contribution in [0.4, 0.5) is 5.69 Å². The number of ether oxygens (including phenoxy) is 1. The molecule has 4 nitrogen and oxygen atoms in total. The molecule has 18 heavy (non-hydrogen) atoms. The van der Waals surface area contributed by atoms with Gasteiger partial charge < -0.3 is 10.1 Å². The first-order valence-electron chi connectivity index (χ1n) is 5.99. The third kappa shape index (κ3) is 2.47. The molecule has 0 unspecified atom stereocenters. The SMILES string of the molecule is COc1ccc(NCc2c(C)nn(C)c2C)cc1. The summed E-state index contributed by atoms with van der Waals surface area (Å²) >= 11 is 0. The number of anilines is 1. The second-order valence-corrected chi connectivity index (χ2v) is 4.36. The Labute approximate surface area is 108 Å². The predicted molar refractivity (Wildman–Crippen MR) is 73.0 cm³/mol. The third-order valence-electron chi connectivity index (χ3n) is 3.22. The normalized spacial score (nSPS) is 10.4. The monoisotopic (exact) mass is 245 g/mol. The Kier molecular flexibility index (Phi) is 3.55. The summed E-state index contributed by atoms with van der Waals surface area (Å²) in [5.74, 6) is 0.870. The molecule has 0 radical (unpaired) electrons. The van der Waals surface area contributed by atoms with Crippen LogP contribution in [0, 0.1) is 13.8 Å². The minimum absolute atomic E-state index is 0.790. The van der Waals surface area contributed by atoms with Gasteiger partial charge in [-0.15, -0.1) is 0 Å². The molecule has 0 aliphatic carbocycles. The fourth-order valence-corrected chi connectivity index (χ4v) is 1.97. The molecule has 4 heteroatoms. The molecule has 0 aliphatic rings. The molecule has 0 bridgehead atoms. The Bertz CT molecular complexity index is 529. The van der Waals surface area contributed by atoms with Crippen LogP contribution in [0.15, 0.2) is 24.3 Å². The molecule has 0 spiro atoms. The molecule has 1 heterocycles. The maximum Gasteiger partial charge on any atom is 0.119 e. The summed E-state index contributed by atoms with van der Waals surface area (Å²) in [5, 5.41) is 7.81. The van der Waals surface area contributed by atoms with Crippen molar-refractivity contribution in [2.24, 2.45) is 7.05 Å². The highest BCUT2D eigenvalue weighted by atomic mass is 16.5. The van der Waals surface area contributed by atoms with Gasteiger partial charge in [0.05, 0.1) is 12.8 Å². The number of methoxy groups -OCH3 is 1. The molecule has 2 aromatic rings. The zero-order valence-electron chi connectivity index (χ0n) is 11.3. The highest BCUT2D eigenvalue weighted by Gasteiger charge is 2.08. The van der Waals surface area contributed by atoms with E-state index in [1.54, 1.807) is 7.11 Å². The molecular weight excluding hydrogens is 226 g/mol. The summed E-state index contributed by atoms with van der Waals surface area (Å²) in [7, 11) is 3.64. The van der Waals surface area contributed by atoms with Crippen molar-refractivity contribution in [2.45, 2.75) is 20.4 Å². The average molecular weight is 245 g/mol. The highest BCUT2D eigenvalue weighted by Crippen LogP contribution is 2.18. The van der Waals surface area contributed by atoms with E-state index in [1.165, 1.54) is 11.3 Å². The van der Waals surface area contributed by atoms with Crippen LogP contribution in [0.3, 0.4) is 0 Å². The summed E-state index contributed by atoms with van der Waals surface area (Å²) < 4.78 is 7.05. The van der Waals surface area contributed by atoms with Gasteiger partial charge in [-0.25, -0.2) is 0 Å². The van der Waals surface area contributed by atoms with Crippen LogP contribution in [0.5, 0.6) is 5.75 Å². The fourth-order valence-electron chi connectivity index (χ4n) is 1.97. The predicted octanol–water partition coefficient (Wildman–Crippen LogP) is 2.66. The number of rotatable bonds is 4. The summed E-state index contributed by atoms with van der Waals surface area (Å²) in [5.41, 5.74) is 4.62. The van der Waals surface area contributed by atoms with Crippen molar-refractivity contribution in [2.75, 3.05) is 12.4 Å². The first-order chi connectivity index (χ1) is 8.61. The van der Waals surface area contributed by atoms with Crippen molar-refractivity contribution < 1.29 is 4.74 Å².